The lowest BCUT2D eigenvalue weighted by molar-refractivity contribution is 0.0971. The Hall–Kier alpha value is -3.25. The monoisotopic (exact) mass is 505 g/mol. The predicted octanol–water partition coefficient (Wildman–Crippen LogP) is 6.74. The highest BCUT2D eigenvalue weighted by molar-refractivity contribution is 9.10. The van der Waals surface area contributed by atoms with Gasteiger partial charge >= 0.3 is 0 Å². The molecule has 0 bridgehead atoms. The minimum Gasteiger partial charge on any atom is -0.450 e. The van der Waals surface area contributed by atoms with Crippen LogP contribution in [0, 0.1) is 5.82 Å². The summed E-state index contributed by atoms with van der Waals surface area (Å²) < 4.78 is 20.3. The van der Waals surface area contributed by atoms with Crippen LogP contribution in [0.25, 0.3) is 11.0 Å². The summed E-state index contributed by atoms with van der Waals surface area (Å²) in [5, 5.41) is 0.396. The van der Waals surface area contributed by atoms with Gasteiger partial charge in [0.05, 0.1) is 17.0 Å². The van der Waals surface area contributed by atoms with Gasteiger partial charge < -0.3 is 4.42 Å². The van der Waals surface area contributed by atoms with Gasteiger partial charge in [-0.2, -0.15) is 0 Å². The van der Waals surface area contributed by atoms with Gasteiger partial charge in [-0.3, -0.25) is 14.5 Å². The molecule has 0 fully saturated rings. The van der Waals surface area contributed by atoms with Crippen molar-refractivity contribution >= 4 is 38.5 Å². The van der Waals surface area contributed by atoms with Crippen LogP contribution >= 0.6 is 15.9 Å². The van der Waals surface area contributed by atoms with E-state index in [0.717, 1.165) is 15.6 Å². The third kappa shape index (κ3) is 3.59. The summed E-state index contributed by atoms with van der Waals surface area (Å²) in [6, 6.07) is 18.0. The van der Waals surface area contributed by atoms with Gasteiger partial charge in [-0.25, -0.2) is 4.39 Å². The molecular formula is C27H21BrFNO3. The first-order valence-corrected chi connectivity index (χ1v) is 11.4. The summed E-state index contributed by atoms with van der Waals surface area (Å²) in [6.07, 6.45) is 0. The van der Waals surface area contributed by atoms with Gasteiger partial charge in [0, 0.05) is 10.2 Å². The summed E-state index contributed by atoms with van der Waals surface area (Å²) in [4.78, 5) is 28.7. The number of halogens is 2. The summed E-state index contributed by atoms with van der Waals surface area (Å²) in [6.45, 7) is 6.37. The van der Waals surface area contributed by atoms with Gasteiger partial charge in [0.25, 0.3) is 5.91 Å². The first kappa shape index (κ1) is 21.6. The number of carbonyl (C=O) groups excluding carboxylic acids is 1. The smallest absolute Gasteiger partial charge is 0.295 e. The fourth-order valence-electron chi connectivity index (χ4n) is 4.29. The van der Waals surface area contributed by atoms with Crippen molar-refractivity contribution in [2.75, 3.05) is 4.90 Å². The number of hydrogen-bond acceptors (Lipinski definition) is 3. The fourth-order valence-corrected chi connectivity index (χ4v) is 4.65. The Labute approximate surface area is 198 Å². The highest BCUT2D eigenvalue weighted by atomic mass is 79.9. The van der Waals surface area contributed by atoms with E-state index in [-0.39, 0.29) is 16.6 Å². The average molecular weight is 506 g/mol. The van der Waals surface area contributed by atoms with E-state index in [2.05, 4.69) is 36.7 Å². The van der Waals surface area contributed by atoms with Gasteiger partial charge in [-0.1, -0.05) is 61.0 Å². The molecule has 0 saturated carbocycles. The molecule has 0 N–H and O–H groups in total. The fraction of sp³-hybridized carbons (Fsp3) is 0.185. The molecule has 1 unspecified atom stereocenters. The van der Waals surface area contributed by atoms with Gasteiger partial charge in [-0.15, -0.1) is 0 Å². The second-order valence-electron chi connectivity index (χ2n) is 9.24. The molecule has 0 aliphatic carbocycles. The van der Waals surface area contributed by atoms with Crippen LogP contribution in [0.2, 0.25) is 0 Å². The van der Waals surface area contributed by atoms with Crippen molar-refractivity contribution in [2.24, 2.45) is 0 Å². The molecule has 1 aliphatic heterocycles. The molecule has 1 aliphatic rings. The van der Waals surface area contributed by atoms with Crippen LogP contribution < -0.4 is 10.3 Å². The Kier molecular flexibility index (Phi) is 5.01. The van der Waals surface area contributed by atoms with E-state index in [1.165, 1.54) is 29.2 Å². The third-order valence-electron chi connectivity index (χ3n) is 6.03. The summed E-state index contributed by atoms with van der Waals surface area (Å²) in [5.74, 6) is -0.814. The van der Waals surface area contributed by atoms with Gasteiger partial charge in [0.1, 0.15) is 11.4 Å². The minimum absolute atomic E-state index is 0.0176. The molecule has 2 heterocycles. The van der Waals surface area contributed by atoms with Crippen molar-refractivity contribution in [1.82, 2.24) is 0 Å². The number of anilines is 1. The second kappa shape index (κ2) is 7.66. The number of amides is 1. The van der Waals surface area contributed by atoms with Crippen LogP contribution in [0.4, 0.5) is 10.1 Å². The molecule has 6 heteroatoms. The molecule has 0 spiro atoms. The Morgan fingerprint density at radius 1 is 0.939 bits per heavy atom. The van der Waals surface area contributed by atoms with Gasteiger partial charge in [0.15, 0.2) is 5.43 Å². The molecule has 4 nitrogen and oxygen atoms in total. The maximum atomic E-state index is 13.6. The molecule has 0 saturated heterocycles. The molecule has 1 amide bonds. The summed E-state index contributed by atoms with van der Waals surface area (Å²) in [7, 11) is 0. The first-order valence-electron chi connectivity index (χ1n) is 10.6. The Bertz CT molecular complexity index is 1450. The summed E-state index contributed by atoms with van der Waals surface area (Å²) in [5.41, 5.74) is 2.74. The van der Waals surface area contributed by atoms with Crippen molar-refractivity contribution in [3.05, 3.63) is 110 Å². The van der Waals surface area contributed by atoms with Crippen molar-refractivity contribution in [3.63, 3.8) is 0 Å². The topological polar surface area (TPSA) is 50.5 Å². The largest absolute Gasteiger partial charge is 0.450 e. The summed E-state index contributed by atoms with van der Waals surface area (Å²) >= 11 is 3.41. The van der Waals surface area contributed by atoms with E-state index in [1.807, 2.05) is 24.3 Å². The standard InChI is InChI=1S/C27H21BrFNO3/c1-27(2,3)16-6-4-15(5-7-16)23-22-24(31)20-14-17(28)8-13-21(20)33-25(22)26(32)30(23)19-11-9-18(29)10-12-19/h4-14,23H,1-3H3. The molecule has 166 valence electrons. The number of benzene rings is 3. The van der Waals surface area contributed by atoms with Crippen molar-refractivity contribution < 1.29 is 13.6 Å². The number of rotatable bonds is 2. The zero-order chi connectivity index (χ0) is 23.5. The third-order valence-corrected chi connectivity index (χ3v) is 6.52. The zero-order valence-corrected chi connectivity index (χ0v) is 19.9. The lowest BCUT2D eigenvalue weighted by Gasteiger charge is -2.26. The maximum absolute atomic E-state index is 13.6. The van der Waals surface area contributed by atoms with E-state index < -0.39 is 17.8 Å². The van der Waals surface area contributed by atoms with Gasteiger partial charge in [0.2, 0.25) is 5.76 Å². The number of nitrogens with zero attached hydrogens (tertiary/aromatic N) is 1. The molecule has 1 aromatic heterocycles. The van der Waals surface area contributed by atoms with Crippen LogP contribution in [0.5, 0.6) is 0 Å². The SMILES string of the molecule is CC(C)(C)c1ccc(C2c3c(oc4ccc(Br)cc4c3=O)C(=O)N2c2ccc(F)cc2)cc1. The Morgan fingerprint density at radius 2 is 1.61 bits per heavy atom. The normalized spacial score (nSPS) is 15.8. The number of hydrogen-bond donors (Lipinski definition) is 0. The van der Waals surface area contributed by atoms with Crippen molar-refractivity contribution in [2.45, 2.75) is 32.2 Å². The zero-order valence-electron chi connectivity index (χ0n) is 18.4. The average Bonchev–Trinajstić information content (AvgIpc) is 3.07. The molecular weight excluding hydrogens is 485 g/mol. The lowest BCUT2D eigenvalue weighted by Crippen LogP contribution is -2.29. The highest BCUT2D eigenvalue weighted by Gasteiger charge is 2.43. The number of carbonyl (C=O) groups is 1. The second-order valence-corrected chi connectivity index (χ2v) is 10.2. The number of fused-ring (bicyclic) bond motifs is 2. The van der Waals surface area contributed by atoms with E-state index in [9.17, 15) is 14.0 Å². The Morgan fingerprint density at radius 3 is 2.24 bits per heavy atom. The molecule has 3 aromatic carbocycles. The minimum atomic E-state index is -0.688. The highest BCUT2D eigenvalue weighted by Crippen LogP contribution is 2.41. The van der Waals surface area contributed by atoms with Crippen LogP contribution in [0.15, 0.2) is 80.4 Å². The maximum Gasteiger partial charge on any atom is 0.295 e. The Balaban J connectivity index is 1.77. The lowest BCUT2D eigenvalue weighted by atomic mass is 9.86. The molecule has 4 aromatic rings. The molecule has 5 rings (SSSR count). The molecule has 33 heavy (non-hydrogen) atoms. The quantitative estimate of drug-likeness (QED) is 0.303. The molecule has 1 atom stereocenters. The molecule has 0 radical (unpaired) electrons. The van der Waals surface area contributed by atoms with E-state index >= 15 is 0 Å². The van der Waals surface area contributed by atoms with Crippen LogP contribution in [0.3, 0.4) is 0 Å². The van der Waals surface area contributed by atoms with Crippen molar-refractivity contribution in [1.29, 1.82) is 0 Å². The van der Waals surface area contributed by atoms with Crippen LogP contribution in [-0.2, 0) is 5.41 Å². The van der Waals surface area contributed by atoms with E-state index in [0.29, 0.717) is 22.2 Å². The van der Waals surface area contributed by atoms with Crippen LogP contribution in [-0.4, -0.2) is 5.91 Å². The predicted molar refractivity (Wildman–Crippen MR) is 130 cm³/mol. The van der Waals surface area contributed by atoms with Crippen LogP contribution in [0.1, 0.15) is 54.1 Å². The van der Waals surface area contributed by atoms with Gasteiger partial charge in [-0.05, 0) is 59.0 Å². The first-order chi connectivity index (χ1) is 15.6. The van der Waals surface area contributed by atoms with E-state index in [1.54, 1.807) is 18.2 Å². The van der Waals surface area contributed by atoms with E-state index in [4.69, 9.17) is 4.42 Å². The van der Waals surface area contributed by atoms with Crippen molar-refractivity contribution in [3.8, 4) is 0 Å².